The molecule has 3 aromatic rings. The Kier molecular flexibility index (Phi) is 4.73. The summed E-state index contributed by atoms with van der Waals surface area (Å²) < 4.78 is 10.4. The lowest BCUT2D eigenvalue weighted by atomic mass is 10.1. The number of hydrogen-bond acceptors (Lipinski definition) is 6. The van der Waals surface area contributed by atoms with Crippen molar-refractivity contribution >= 4 is 23.1 Å². The Bertz CT molecular complexity index is 891. The second kappa shape index (κ2) is 7.31. The first-order valence-electron chi connectivity index (χ1n) is 8.46. The lowest BCUT2D eigenvalue weighted by Gasteiger charge is -2.17. The van der Waals surface area contributed by atoms with E-state index in [1.165, 1.54) is 0 Å². The highest BCUT2D eigenvalue weighted by atomic mass is 32.1. The van der Waals surface area contributed by atoms with E-state index < -0.39 is 0 Å². The van der Waals surface area contributed by atoms with Crippen molar-refractivity contribution in [1.29, 1.82) is 0 Å². The summed E-state index contributed by atoms with van der Waals surface area (Å²) in [4.78, 5) is 18.0. The van der Waals surface area contributed by atoms with E-state index in [9.17, 15) is 4.79 Å². The molecule has 1 N–H and O–H groups in total. The topological polar surface area (TPSA) is 67.6 Å². The molecular weight excluding hydrogens is 350 g/mol. The van der Waals surface area contributed by atoms with Gasteiger partial charge in [-0.05, 0) is 36.8 Å². The van der Waals surface area contributed by atoms with Gasteiger partial charge in [0.25, 0.3) is 0 Å². The highest BCUT2D eigenvalue weighted by Gasteiger charge is 2.23. The third-order valence-electron chi connectivity index (χ3n) is 4.32. The number of nitrogens with one attached hydrogen (secondary N) is 1. The van der Waals surface area contributed by atoms with Crippen molar-refractivity contribution in [3.05, 3.63) is 59.3 Å². The number of benzene rings is 1. The van der Waals surface area contributed by atoms with E-state index in [1.54, 1.807) is 22.5 Å². The lowest BCUT2D eigenvalue weighted by Crippen LogP contribution is -2.24. The largest absolute Gasteiger partial charge is 0.462 e. The number of cyclic esters (lactones) is 1. The van der Waals surface area contributed by atoms with Gasteiger partial charge in [0.05, 0.1) is 18.5 Å². The van der Waals surface area contributed by atoms with E-state index in [0.29, 0.717) is 19.7 Å². The van der Waals surface area contributed by atoms with E-state index in [2.05, 4.69) is 23.3 Å². The first-order chi connectivity index (χ1) is 12.7. The van der Waals surface area contributed by atoms with Crippen LogP contribution in [0.25, 0.3) is 10.8 Å². The van der Waals surface area contributed by atoms with Gasteiger partial charge in [-0.3, -0.25) is 4.90 Å². The van der Waals surface area contributed by atoms with E-state index >= 15 is 0 Å². The van der Waals surface area contributed by atoms with Crippen LogP contribution in [0.15, 0.2) is 52.5 Å². The van der Waals surface area contributed by atoms with Gasteiger partial charge in [0, 0.05) is 23.7 Å². The van der Waals surface area contributed by atoms with E-state index in [-0.39, 0.29) is 12.1 Å². The SMILES string of the molecule is CC(NCc1csc(-c2ccco2)n1)c1cccc(N2CCOC2=O)c1. The van der Waals surface area contributed by atoms with Crippen LogP contribution in [0.5, 0.6) is 0 Å². The molecule has 6 nitrogen and oxygen atoms in total. The first-order valence-corrected chi connectivity index (χ1v) is 9.34. The maximum Gasteiger partial charge on any atom is 0.414 e. The number of anilines is 1. The molecule has 1 fully saturated rings. The fraction of sp³-hybridized carbons (Fsp3) is 0.263. The molecule has 0 radical (unpaired) electrons. The number of ether oxygens (including phenoxy) is 1. The first kappa shape index (κ1) is 16.8. The van der Waals surface area contributed by atoms with Gasteiger partial charge in [0.15, 0.2) is 10.8 Å². The van der Waals surface area contributed by atoms with Crippen molar-refractivity contribution in [3.63, 3.8) is 0 Å². The van der Waals surface area contributed by atoms with Crippen LogP contribution in [0.4, 0.5) is 10.5 Å². The molecular formula is C19H19N3O3S. The molecule has 0 saturated carbocycles. The number of rotatable bonds is 6. The van der Waals surface area contributed by atoms with Gasteiger partial charge in [0.1, 0.15) is 6.61 Å². The maximum atomic E-state index is 11.7. The lowest BCUT2D eigenvalue weighted by molar-refractivity contribution is 0.181. The highest BCUT2D eigenvalue weighted by molar-refractivity contribution is 7.13. The molecule has 1 saturated heterocycles. The van der Waals surface area contributed by atoms with Crippen molar-refractivity contribution in [3.8, 4) is 10.8 Å². The average molecular weight is 369 g/mol. The van der Waals surface area contributed by atoms with Gasteiger partial charge < -0.3 is 14.5 Å². The summed E-state index contributed by atoms with van der Waals surface area (Å²) >= 11 is 1.57. The number of furan rings is 1. The molecule has 1 unspecified atom stereocenters. The zero-order valence-electron chi connectivity index (χ0n) is 14.3. The Morgan fingerprint density at radius 2 is 2.27 bits per heavy atom. The summed E-state index contributed by atoms with van der Waals surface area (Å²) in [6.45, 7) is 3.80. The summed E-state index contributed by atoms with van der Waals surface area (Å²) in [6, 6.07) is 11.9. The van der Waals surface area contributed by atoms with Gasteiger partial charge in [-0.25, -0.2) is 9.78 Å². The average Bonchev–Trinajstić information content (AvgIpc) is 3.40. The molecule has 4 rings (SSSR count). The van der Waals surface area contributed by atoms with E-state index in [4.69, 9.17) is 9.15 Å². The summed E-state index contributed by atoms with van der Waals surface area (Å²) in [6.07, 6.45) is 1.37. The van der Waals surface area contributed by atoms with Crippen LogP contribution in [0, 0.1) is 0 Å². The summed E-state index contributed by atoms with van der Waals surface area (Å²) in [7, 11) is 0. The number of nitrogens with zero attached hydrogens (tertiary/aromatic N) is 2. The molecule has 1 aliphatic rings. The predicted octanol–water partition coefficient (Wildman–Crippen LogP) is 4.21. The Morgan fingerprint density at radius 1 is 1.35 bits per heavy atom. The van der Waals surface area contributed by atoms with Crippen LogP contribution in [-0.2, 0) is 11.3 Å². The second-order valence-electron chi connectivity index (χ2n) is 6.08. The van der Waals surface area contributed by atoms with Crippen molar-refractivity contribution in [1.82, 2.24) is 10.3 Å². The predicted molar refractivity (Wildman–Crippen MR) is 100 cm³/mol. The third-order valence-corrected chi connectivity index (χ3v) is 5.22. The van der Waals surface area contributed by atoms with Crippen molar-refractivity contribution < 1.29 is 13.9 Å². The quantitative estimate of drug-likeness (QED) is 0.705. The number of aromatic nitrogens is 1. The number of thiazole rings is 1. The van der Waals surface area contributed by atoms with Crippen molar-refractivity contribution in [2.45, 2.75) is 19.5 Å². The third kappa shape index (κ3) is 3.49. The van der Waals surface area contributed by atoms with E-state index in [1.807, 2.05) is 35.7 Å². The fourth-order valence-electron chi connectivity index (χ4n) is 2.87. The summed E-state index contributed by atoms with van der Waals surface area (Å²) in [5, 5.41) is 6.40. The molecule has 0 spiro atoms. The molecule has 7 heteroatoms. The summed E-state index contributed by atoms with van der Waals surface area (Å²) in [5.74, 6) is 0.791. The molecule has 0 bridgehead atoms. The Morgan fingerprint density at radius 3 is 3.04 bits per heavy atom. The van der Waals surface area contributed by atoms with Gasteiger partial charge in [-0.15, -0.1) is 11.3 Å². The summed E-state index contributed by atoms with van der Waals surface area (Å²) in [5.41, 5.74) is 2.96. The highest BCUT2D eigenvalue weighted by Crippen LogP contribution is 2.25. The molecule has 2 aromatic heterocycles. The van der Waals surface area contributed by atoms with Crippen molar-refractivity contribution in [2.75, 3.05) is 18.1 Å². The van der Waals surface area contributed by atoms with Crippen molar-refractivity contribution in [2.24, 2.45) is 0 Å². The molecule has 1 atom stereocenters. The minimum atomic E-state index is -0.282. The van der Waals surface area contributed by atoms with Gasteiger partial charge in [-0.2, -0.15) is 0 Å². The van der Waals surface area contributed by atoms with Crippen LogP contribution in [0.2, 0.25) is 0 Å². The van der Waals surface area contributed by atoms with Crippen LogP contribution >= 0.6 is 11.3 Å². The Labute approximate surface area is 155 Å². The molecule has 134 valence electrons. The monoisotopic (exact) mass is 369 g/mol. The molecule has 26 heavy (non-hydrogen) atoms. The maximum absolute atomic E-state index is 11.7. The minimum absolute atomic E-state index is 0.127. The van der Waals surface area contributed by atoms with Crippen LogP contribution < -0.4 is 10.2 Å². The molecule has 1 aliphatic heterocycles. The number of carbonyl (C=O) groups is 1. The van der Waals surface area contributed by atoms with Gasteiger partial charge in [0.2, 0.25) is 0 Å². The molecule has 0 aliphatic carbocycles. The zero-order valence-corrected chi connectivity index (χ0v) is 15.2. The normalized spacial score (nSPS) is 15.3. The smallest absolute Gasteiger partial charge is 0.414 e. The Balaban J connectivity index is 1.40. The van der Waals surface area contributed by atoms with Gasteiger partial charge in [-0.1, -0.05) is 12.1 Å². The standard InChI is InChI=1S/C19H19N3O3S/c1-13(14-4-2-5-16(10-14)22-7-9-25-19(22)23)20-11-15-12-26-18(21-15)17-6-3-8-24-17/h2-6,8,10,12-13,20H,7,9,11H2,1H3. The van der Waals surface area contributed by atoms with Crippen LogP contribution in [0.3, 0.4) is 0 Å². The number of carbonyl (C=O) groups excluding carboxylic acids is 1. The molecule has 1 amide bonds. The number of amides is 1. The minimum Gasteiger partial charge on any atom is -0.462 e. The molecule has 3 heterocycles. The van der Waals surface area contributed by atoms with Crippen LogP contribution in [-0.4, -0.2) is 24.2 Å². The fourth-order valence-corrected chi connectivity index (χ4v) is 3.65. The molecule has 1 aromatic carbocycles. The van der Waals surface area contributed by atoms with Gasteiger partial charge >= 0.3 is 6.09 Å². The zero-order chi connectivity index (χ0) is 17.9. The van der Waals surface area contributed by atoms with Crippen LogP contribution in [0.1, 0.15) is 24.2 Å². The van der Waals surface area contributed by atoms with E-state index in [0.717, 1.165) is 27.7 Å². The number of hydrogen-bond donors (Lipinski definition) is 1. The second-order valence-corrected chi connectivity index (χ2v) is 6.94. The Hall–Kier alpha value is -2.64.